The van der Waals surface area contributed by atoms with E-state index in [1.54, 1.807) is 18.1 Å². The second kappa shape index (κ2) is 11.7. The van der Waals surface area contributed by atoms with Crippen LogP contribution in [0.3, 0.4) is 0 Å². The lowest BCUT2D eigenvalue weighted by Gasteiger charge is -2.29. The molecule has 7 rings (SSSR count). The molecular formula is C34H38N4O5. The molecule has 224 valence electrons. The largest absolute Gasteiger partial charge is 0.489 e. The van der Waals surface area contributed by atoms with Crippen molar-refractivity contribution in [3.05, 3.63) is 70.9 Å². The van der Waals surface area contributed by atoms with Crippen molar-refractivity contribution in [2.45, 2.75) is 69.7 Å². The molecule has 4 atom stereocenters. The molecule has 0 bridgehead atoms. The summed E-state index contributed by atoms with van der Waals surface area (Å²) in [7, 11) is 1.79. The highest BCUT2D eigenvalue weighted by Crippen LogP contribution is 2.38. The van der Waals surface area contributed by atoms with E-state index in [1.807, 2.05) is 12.1 Å². The Bertz CT molecular complexity index is 1570. The quantitative estimate of drug-likeness (QED) is 0.398. The molecule has 3 amide bonds. The van der Waals surface area contributed by atoms with E-state index in [1.165, 1.54) is 29.5 Å². The number of rotatable bonds is 8. The number of nitrogens with zero attached hydrogens (tertiary/aromatic N) is 3. The number of aromatic nitrogens is 1. The zero-order chi connectivity index (χ0) is 29.5. The minimum atomic E-state index is -0.612. The molecule has 0 radical (unpaired) electrons. The van der Waals surface area contributed by atoms with E-state index in [0.717, 1.165) is 55.9 Å². The van der Waals surface area contributed by atoms with E-state index in [0.29, 0.717) is 30.4 Å². The molecule has 3 fully saturated rings. The lowest BCUT2D eigenvalue weighted by atomic mass is 10.00. The second-order valence-corrected chi connectivity index (χ2v) is 12.6. The van der Waals surface area contributed by atoms with Gasteiger partial charge in [-0.1, -0.05) is 12.1 Å². The Morgan fingerprint density at radius 1 is 1.00 bits per heavy atom. The molecular weight excluding hydrogens is 544 g/mol. The third kappa shape index (κ3) is 5.76. The van der Waals surface area contributed by atoms with Crippen molar-refractivity contribution < 1.29 is 23.9 Å². The van der Waals surface area contributed by atoms with Crippen molar-refractivity contribution in [2.24, 2.45) is 5.92 Å². The lowest BCUT2D eigenvalue weighted by molar-refractivity contribution is -0.136. The van der Waals surface area contributed by atoms with Crippen LogP contribution in [0.4, 0.5) is 0 Å². The standard InChI is InChI=1S/C34H38N4O5/c1-42-20-22-2-4-23(15-22)30-9-5-24-14-21(3-8-29(24)35-30)17-37-13-12-27(19-37)43-26-6-7-28-25(16-26)18-38(34(28)41)31-10-11-32(39)36-33(31)40/h3,5-9,14,16,22-23,27,31H,2,4,10-13,15,17-20H2,1H3,(H,36,39,40)/t22-,23-,27?,31?/m1/s1. The van der Waals surface area contributed by atoms with Gasteiger partial charge in [0, 0.05) is 68.9 Å². The summed E-state index contributed by atoms with van der Waals surface area (Å²) in [5.74, 6) is 1.07. The zero-order valence-electron chi connectivity index (χ0n) is 24.6. The molecule has 1 saturated carbocycles. The van der Waals surface area contributed by atoms with Crippen LogP contribution in [0.2, 0.25) is 0 Å². The first-order chi connectivity index (χ1) is 20.9. The average Bonchev–Trinajstić information content (AvgIpc) is 3.73. The monoisotopic (exact) mass is 582 g/mol. The fourth-order valence-corrected chi connectivity index (χ4v) is 7.36. The number of methoxy groups -OCH3 is 1. The number of imide groups is 1. The molecule has 2 unspecified atom stereocenters. The summed E-state index contributed by atoms with van der Waals surface area (Å²) in [4.78, 5) is 45.9. The summed E-state index contributed by atoms with van der Waals surface area (Å²) < 4.78 is 11.7. The number of carbonyl (C=O) groups excluding carboxylic acids is 3. The van der Waals surface area contributed by atoms with Gasteiger partial charge in [0.2, 0.25) is 11.8 Å². The molecule has 3 aromatic rings. The number of nitrogens with one attached hydrogen (secondary N) is 1. The predicted octanol–water partition coefficient (Wildman–Crippen LogP) is 4.18. The van der Waals surface area contributed by atoms with Crippen molar-refractivity contribution >= 4 is 28.6 Å². The molecule has 3 aliphatic heterocycles. The molecule has 1 aliphatic carbocycles. The number of amides is 3. The van der Waals surface area contributed by atoms with Gasteiger partial charge in [-0.3, -0.25) is 29.6 Å². The van der Waals surface area contributed by atoms with Crippen LogP contribution in [0.25, 0.3) is 10.9 Å². The van der Waals surface area contributed by atoms with E-state index in [2.05, 4.69) is 40.5 Å². The van der Waals surface area contributed by atoms with Crippen LogP contribution in [0, 0.1) is 5.92 Å². The molecule has 0 spiro atoms. The Kier molecular flexibility index (Phi) is 7.61. The van der Waals surface area contributed by atoms with E-state index < -0.39 is 11.9 Å². The molecule has 43 heavy (non-hydrogen) atoms. The summed E-state index contributed by atoms with van der Waals surface area (Å²) in [5, 5.41) is 3.53. The second-order valence-electron chi connectivity index (χ2n) is 12.6. The minimum Gasteiger partial charge on any atom is -0.489 e. The zero-order valence-corrected chi connectivity index (χ0v) is 24.6. The summed E-state index contributed by atoms with van der Waals surface area (Å²) in [6.07, 6.45) is 5.17. The first-order valence-corrected chi connectivity index (χ1v) is 15.5. The van der Waals surface area contributed by atoms with Crippen LogP contribution in [0.15, 0.2) is 48.5 Å². The van der Waals surface area contributed by atoms with Gasteiger partial charge in [0.25, 0.3) is 5.91 Å². The number of fused-ring (bicyclic) bond motifs is 2. The van der Waals surface area contributed by atoms with Crippen LogP contribution in [-0.2, 0) is 27.4 Å². The van der Waals surface area contributed by atoms with Crippen molar-refractivity contribution in [2.75, 3.05) is 26.8 Å². The van der Waals surface area contributed by atoms with Crippen LogP contribution >= 0.6 is 0 Å². The van der Waals surface area contributed by atoms with Crippen molar-refractivity contribution in [1.82, 2.24) is 20.1 Å². The maximum absolute atomic E-state index is 13.0. The van der Waals surface area contributed by atoms with Crippen LogP contribution in [-0.4, -0.2) is 71.5 Å². The highest BCUT2D eigenvalue weighted by molar-refractivity contribution is 6.05. The number of likely N-dealkylation sites (tertiary alicyclic amines) is 1. The molecule has 9 heteroatoms. The summed E-state index contributed by atoms with van der Waals surface area (Å²) in [5.41, 5.74) is 5.00. The normalized spacial score (nSPS) is 25.9. The fraction of sp³-hybridized carbons (Fsp3) is 0.471. The Labute approximate surface area is 251 Å². The van der Waals surface area contributed by atoms with Crippen LogP contribution < -0.4 is 10.1 Å². The Balaban J connectivity index is 0.946. The topological polar surface area (TPSA) is 101 Å². The average molecular weight is 583 g/mol. The van der Waals surface area contributed by atoms with Gasteiger partial charge in [-0.15, -0.1) is 0 Å². The first-order valence-electron chi connectivity index (χ1n) is 15.5. The molecule has 9 nitrogen and oxygen atoms in total. The summed E-state index contributed by atoms with van der Waals surface area (Å²) >= 11 is 0. The van der Waals surface area contributed by atoms with Crippen molar-refractivity contribution in [1.29, 1.82) is 0 Å². The maximum atomic E-state index is 13.0. The smallest absolute Gasteiger partial charge is 0.255 e. The van der Waals surface area contributed by atoms with Gasteiger partial charge in [-0.25, -0.2) is 0 Å². The van der Waals surface area contributed by atoms with Crippen LogP contribution in [0.1, 0.15) is 71.6 Å². The van der Waals surface area contributed by atoms with Gasteiger partial charge < -0.3 is 14.4 Å². The molecule has 2 aromatic carbocycles. The van der Waals surface area contributed by atoms with Crippen LogP contribution in [0.5, 0.6) is 5.75 Å². The highest BCUT2D eigenvalue weighted by Gasteiger charge is 2.39. The maximum Gasteiger partial charge on any atom is 0.255 e. The van der Waals surface area contributed by atoms with Gasteiger partial charge in [0.1, 0.15) is 17.9 Å². The Morgan fingerprint density at radius 3 is 2.77 bits per heavy atom. The van der Waals surface area contributed by atoms with E-state index in [-0.39, 0.29) is 24.3 Å². The summed E-state index contributed by atoms with van der Waals surface area (Å²) in [6.45, 7) is 3.84. The SMILES string of the molecule is COC[C@@H]1CC[C@@H](c2ccc3cc(CN4CCC(Oc5ccc6c(c5)CN(C5CCC(=O)NC5=O)C6=O)C4)ccc3n2)C1. The molecule has 4 aliphatic rings. The summed E-state index contributed by atoms with van der Waals surface area (Å²) in [6, 6.07) is 16.0. The molecule has 2 saturated heterocycles. The van der Waals surface area contributed by atoms with Gasteiger partial charge in [-0.05, 0) is 85.5 Å². The number of carbonyl (C=O) groups is 3. The van der Waals surface area contributed by atoms with Gasteiger partial charge in [0.05, 0.1) is 5.52 Å². The number of ether oxygens (including phenoxy) is 2. The number of hydrogen-bond acceptors (Lipinski definition) is 7. The van der Waals surface area contributed by atoms with E-state index >= 15 is 0 Å². The fourth-order valence-electron chi connectivity index (χ4n) is 7.36. The Hall–Kier alpha value is -3.82. The van der Waals surface area contributed by atoms with Crippen molar-refractivity contribution in [3.63, 3.8) is 0 Å². The van der Waals surface area contributed by atoms with Gasteiger partial charge >= 0.3 is 0 Å². The molecule has 1 N–H and O–H groups in total. The highest BCUT2D eigenvalue weighted by atomic mass is 16.5. The van der Waals surface area contributed by atoms with Gasteiger partial charge in [-0.2, -0.15) is 0 Å². The minimum absolute atomic E-state index is 0.0689. The number of pyridine rings is 1. The number of piperidine rings is 1. The van der Waals surface area contributed by atoms with E-state index in [9.17, 15) is 14.4 Å². The van der Waals surface area contributed by atoms with Gasteiger partial charge in [0.15, 0.2) is 0 Å². The van der Waals surface area contributed by atoms with E-state index in [4.69, 9.17) is 14.5 Å². The first kappa shape index (κ1) is 28.0. The molecule has 4 heterocycles. The Morgan fingerprint density at radius 2 is 1.91 bits per heavy atom. The van der Waals surface area contributed by atoms with Crippen molar-refractivity contribution in [3.8, 4) is 5.75 Å². The third-order valence-electron chi connectivity index (χ3n) is 9.57. The third-order valence-corrected chi connectivity index (χ3v) is 9.57. The molecule has 1 aromatic heterocycles. The number of benzene rings is 2. The lowest BCUT2D eigenvalue weighted by Crippen LogP contribution is -2.52. The predicted molar refractivity (Wildman–Crippen MR) is 160 cm³/mol. The number of hydrogen-bond donors (Lipinski definition) is 1.